The summed E-state index contributed by atoms with van der Waals surface area (Å²) >= 11 is 0. The van der Waals surface area contributed by atoms with Crippen LogP contribution in [0.3, 0.4) is 0 Å². The van der Waals surface area contributed by atoms with Crippen molar-refractivity contribution in [3.05, 3.63) is 70.8 Å². The molecule has 0 aliphatic heterocycles. The van der Waals surface area contributed by atoms with E-state index in [1.54, 1.807) is 11.1 Å². The Kier molecular flexibility index (Phi) is 3.09. The molecule has 0 saturated heterocycles. The van der Waals surface area contributed by atoms with E-state index in [0.29, 0.717) is 5.92 Å². The Morgan fingerprint density at radius 1 is 0.840 bits per heavy atom. The standard InChI is InChI=1S/C24H23N/c1-4-15-10-11-18-20-13-23-21(17-8-6-7-9-22(17)25-23)12-19(20)14(3)24(18)16(15)5-2/h6-14,25H,4-5H2,1-3H3. The van der Waals surface area contributed by atoms with Crippen molar-refractivity contribution in [2.75, 3.05) is 0 Å². The van der Waals surface area contributed by atoms with Gasteiger partial charge in [0.15, 0.2) is 0 Å². The molecule has 3 aromatic carbocycles. The number of aromatic nitrogens is 1. The lowest BCUT2D eigenvalue weighted by atomic mass is 9.89. The molecule has 124 valence electrons. The quantitative estimate of drug-likeness (QED) is 0.428. The highest BCUT2D eigenvalue weighted by Gasteiger charge is 2.29. The van der Waals surface area contributed by atoms with Gasteiger partial charge < -0.3 is 4.98 Å². The van der Waals surface area contributed by atoms with E-state index < -0.39 is 0 Å². The van der Waals surface area contributed by atoms with Gasteiger partial charge in [0.1, 0.15) is 0 Å². The lowest BCUT2D eigenvalue weighted by Crippen LogP contribution is -2.00. The third kappa shape index (κ3) is 1.90. The number of H-pyrrole nitrogens is 1. The van der Waals surface area contributed by atoms with E-state index in [0.717, 1.165) is 12.8 Å². The highest BCUT2D eigenvalue weighted by atomic mass is 14.7. The van der Waals surface area contributed by atoms with Gasteiger partial charge in [-0.25, -0.2) is 0 Å². The summed E-state index contributed by atoms with van der Waals surface area (Å²) < 4.78 is 0. The van der Waals surface area contributed by atoms with E-state index in [2.05, 4.69) is 74.3 Å². The molecule has 1 nitrogen and oxygen atoms in total. The van der Waals surface area contributed by atoms with Gasteiger partial charge in [-0.15, -0.1) is 0 Å². The van der Waals surface area contributed by atoms with E-state index in [-0.39, 0.29) is 0 Å². The lowest BCUT2D eigenvalue weighted by Gasteiger charge is -2.15. The molecule has 1 aliphatic carbocycles. The molecular formula is C24H23N. The zero-order chi connectivity index (χ0) is 17.1. The average Bonchev–Trinajstić information content (AvgIpc) is 3.15. The number of hydrogen-bond acceptors (Lipinski definition) is 0. The first-order valence-corrected chi connectivity index (χ1v) is 9.42. The van der Waals surface area contributed by atoms with Crippen molar-refractivity contribution in [3.8, 4) is 11.1 Å². The maximum atomic E-state index is 3.60. The number of aromatic amines is 1. The number of rotatable bonds is 2. The average molecular weight is 325 g/mol. The Balaban J connectivity index is 1.84. The van der Waals surface area contributed by atoms with Crippen molar-refractivity contribution in [2.45, 2.75) is 39.5 Å². The molecule has 0 amide bonds. The number of nitrogens with one attached hydrogen (secondary N) is 1. The summed E-state index contributed by atoms with van der Waals surface area (Å²) in [6, 6.07) is 18.1. The zero-order valence-corrected chi connectivity index (χ0v) is 15.1. The largest absolute Gasteiger partial charge is 0.354 e. The molecule has 1 heterocycles. The van der Waals surface area contributed by atoms with Gasteiger partial charge in [0.2, 0.25) is 0 Å². The van der Waals surface area contributed by atoms with Crippen LogP contribution < -0.4 is 0 Å². The molecule has 4 aromatic rings. The third-order valence-electron chi connectivity index (χ3n) is 6.05. The van der Waals surface area contributed by atoms with Crippen LogP contribution in [0.25, 0.3) is 32.9 Å². The Morgan fingerprint density at radius 3 is 2.48 bits per heavy atom. The first kappa shape index (κ1) is 14.8. The molecule has 0 bridgehead atoms. The normalized spacial score (nSPS) is 15.7. The predicted octanol–water partition coefficient (Wildman–Crippen LogP) is 6.58. The van der Waals surface area contributed by atoms with Gasteiger partial charge in [-0.3, -0.25) is 0 Å². The van der Waals surface area contributed by atoms with Gasteiger partial charge in [-0.2, -0.15) is 0 Å². The van der Waals surface area contributed by atoms with Gasteiger partial charge >= 0.3 is 0 Å². The molecule has 1 heteroatoms. The lowest BCUT2D eigenvalue weighted by molar-refractivity contribution is 0.908. The summed E-state index contributed by atoms with van der Waals surface area (Å²) in [5, 5.41) is 2.68. The summed E-state index contributed by atoms with van der Waals surface area (Å²) in [6.07, 6.45) is 2.23. The Hall–Kier alpha value is -2.54. The molecule has 1 aliphatic rings. The van der Waals surface area contributed by atoms with Gasteiger partial charge in [0.25, 0.3) is 0 Å². The fourth-order valence-electron chi connectivity index (χ4n) is 4.85. The SMILES string of the molecule is CCc1ccc2c(c1CC)C(C)c1cc3c(cc1-2)[nH]c1ccccc13. The van der Waals surface area contributed by atoms with Crippen molar-refractivity contribution in [3.63, 3.8) is 0 Å². The van der Waals surface area contributed by atoms with E-state index >= 15 is 0 Å². The minimum atomic E-state index is 0.476. The molecule has 1 N–H and O–H groups in total. The van der Waals surface area contributed by atoms with Crippen LogP contribution in [-0.4, -0.2) is 4.98 Å². The summed E-state index contributed by atoms with van der Waals surface area (Å²) in [7, 11) is 0. The zero-order valence-electron chi connectivity index (χ0n) is 15.1. The summed E-state index contributed by atoms with van der Waals surface area (Å²) in [4.78, 5) is 3.60. The maximum absolute atomic E-state index is 3.60. The number of para-hydroxylation sites is 1. The Morgan fingerprint density at radius 2 is 1.68 bits per heavy atom. The monoisotopic (exact) mass is 325 g/mol. The highest BCUT2D eigenvalue weighted by molar-refractivity contribution is 6.09. The van der Waals surface area contributed by atoms with Gasteiger partial charge in [0.05, 0.1) is 0 Å². The number of benzene rings is 3. The van der Waals surface area contributed by atoms with Crippen LogP contribution in [0.5, 0.6) is 0 Å². The van der Waals surface area contributed by atoms with E-state index in [4.69, 9.17) is 0 Å². The summed E-state index contributed by atoms with van der Waals surface area (Å²) in [5.74, 6) is 0.476. The molecule has 1 unspecified atom stereocenters. The number of aryl methyl sites for hydroxylation is 1. The van der Waals surface area contributed by atoms with E-state index in [1.807, 2.05) is 0 Å². The number of hydrogen-bond donors (Lipinski definition) is 1. The van der Waals surface area contributed by atoms with Crippen LogP contribution in [0.2, 0.25) is 0 Å². The van der Waals surface area contributed by atoms with Crippen LogP contribution in [0.15, 0.2) is 48.5 Å². The first-order chi connectivity index (χ1) is 12.2. The van der Waals surface area contributed by atoms with Crippen LogP contribution in [0.1, 0.15) is 48.9 Å². The number of fused-ring (bicyclic) bond motifs is 6. The van der Waals surface area contributed by atoms with E-state index in [1.165, 1.54) is 44.1 Å². The molecule has 1 atom stereocenters. The molecule has 0 spiro atoms. The van der Waals surface area contributed by atoms with Crippen molar-refractivity contribution >= 4 is 21.8 Å². The summed E-state index contributed by atoms with van der Waals surface area (Å²) in [6.45, 7) is 6.94. The molecule has 1 aromatic heterocycles. The second-order valence-corrected chi connectivity index (χ2v) is 7.25. The topological polar surface area (TPSA) is 15.8 Å². The minimum Gasteiger partial charge on any atom is -0.354 e. The third-order valence-corrected chi connectivity index (χ3v) is 6.05. The second-order valence-electron chi connectivity index (χ2n) is 7.25. The first-order valence-electron chi connectivity index (χ1n) is 9.42. The smallest absolute Gasteiger partial charge is 0.0471 e. The molecule has 0 saturated carbocycles. The van der Waals surface area contributed by atoms with Crippen molar-refractivity contribution in [1.82, 2.24) is 4.98 Å². The molecule has 0 radical (unpaired) electrons. The van der Waals surface area contributed by atoms with Crippen molar-refractivity contribution in [2.24, 2.45) is 0 Å². The maximum Gasteiger partial charge on any atom is 0.0471 e. The van der Waals surface area contributed by atoms with E-state index in [9.17, 15) is 0 Å². The Labute approximate surface area is 148 Å². The molecule has 5 rings (SSSR count). The molecular weight excluding hydrogens is 302 g/mol. The van der Waals surface area contributed by atoms with Crippen LogP contribution in [0.4, 0.5) is 0 Å². The Bertz CT molecular complexity index is 1130. The summed E-state index contributed by atoms with van der Waals surface area (Å²) in [5.41, 5.74) is 11.5. The van der Waals surface area contributed by atoms with Gasteiger partial charge in [0, 0.05) is 27.7 Å². The fourth-order valence-corrected chi connectivity index (χ4v) is 4.85. The minimum absolute atomic E-state index is 0.476. The van der Waals surface area contributed by atoms with Gasteiger partial charge in [-0.05, 0) is 64.4 Å². The van der Waals surface area contributed by atoms with Crippen molar-refractivity contribution in [1.29, 1.82) is 0 Å². The molecule has 25 heavy (non-hydrogen) atoms. The van der Waals surface area contributed by atoms with Crippen LogP contribution in [-0.2, 0) is 12.8 Å². The van der Waals surface area contributed by atoms with Crippen LogP contribution >= 0.6 is 0 Å². The van der Waals surface area contributed by atoms with Crippen molar-refractivity contribution < 1.29 is 0 Å². The fraction of sp³-hybridized carbons (Fsp3) is 0.250. The van der Waals surface area contributed by atoms with Crippen LogP contribution in [0, 0.1) is 0 Å². The predicted molar refractivity (Wildman–Crippen MR) is 108 cm³/mol. The molecule has 0 fully saturated rings. The highest BCUT2D eigenvalue weighted by Crippen LogP contribution is 2.49. The van der Waals surface area contributed by atoms with Gasteiger partial charge in [-0.1, -0.05) is 51.1 Å². The second kappa shape index (κ2) is 5.23.